The summed E-state index contributed by atoms with van der Waals surface area (Å²) in [6, 6.07) is 5.91. The van der Waals surface area contributed by atoms with Gasteiger partial charge in [-0.2, -0.15) is 0 Å². The fraction of sp³-hybridized carbons (Fsp3) is 0.500. The maximum atomic E-state index is 11.3. The summed E-state index contributed by atoms with van der Waals surface area (Å²) in [5.74, 6) is 1.07. The van der Waals surface area contributed by atoms with Crippen molar-refractivity contribution in [2.75, 3.05) is 19.7 Å². The van der Waals surface area contributed by atoms with Gasteiger partial charge >= 0.3 is 0 Å². The molecule has 0 heterocycles. The molecule has 0 saturated heterocycles. The van der Waals surface area contributed by atoms with Crippen molar-refractivity contribution in [3.05, 3.63) is 29.3 Å². The van der Waals surface area contributed by atoms with E-state index in [1.807, 2.05) is 18.2 Å². The van der Waals surface area contributed by atoms with Crippen LogP contribution in [-0.2, 0) is 4.79 Å². The van der Waals surface area contributed by atoms with Crippen molar-refractivity contribution in [2.24, 2.45) is 5.73 Å². The van der Waals surface area contributed by atoms with E-state index < -0.39 is 0 Å². The van der Waals surface area contributed by atoms with E-state index in [1.54, 1.807) is 0 Å². The Morgan fingerprint density at radius 1 is 1.44 bits per heavy atom. The van der Waals surface area contributed by atoms with Crippen LogP contribution in [0.3, 0.4) is 0 Å². The molecule has 0 aliphatic carbocycles. The first-order chi connectivity index (χ1) is 8.54. The van der Waals surface area contributed by atoms with Crippen molar-refractivity contribution < 1.29 is 9.53 Å². The van der Waals surface area contributed by atoms with Crippen molar-refractivity contribution >= 4 is 5.91 Å². The first-order valence-electron chi connectivity index (χ1n) is 6.24. The van der Waals surface area contributed by atoms with Crippen LogP contribution in [0.25, 0.3) is 0 Å². The molecule has 18 heavy (non-hydrogen) atoms. The van der Waals surface area contributed by atoms with E-state index >= 15 is 0 Å². The quantitative estimate of drug-likeness (QED) is 0.805. The number of rotatable bonds is 6. The minimum atomic E-state index is -0.147. The molecule has 1 amide bonds. The Kier molecular flexibility index (Phi) is 5.65. The number of carbonyl (C=O) groups is 1. The van der Waals surface area contributed by atoms with Gasteiger partial charge in [0.1, 0.15) is 5.75 Å². The van der Waals surface area contributed by atoms with Crippen LogP contribution < -0.4 is 15.8 Å². The third-order valence-electron chi connectivity index (χ3n) is 2.70. The molecular formula is C14H22N2O2. The van der Waals surface area contributed by atoms with Gasteiger partial charge < -0.3 is 15.8 Å². The van der Waals surface area contributed by atoms with Crippen LogP contribution in [0.4, 0.5) is 0 Å². The summed E-state index contributed by atoms with van der Waals surface area (Å²) in [6.45, 7) is 7.31. The second-order valence-electron chi connectivity index (χ2n) is 4.60. The summed E-state index contributed by atoms with van der Waals surface area (Å²) in [5, 5.41) is 2.66. The highest BCUT2D eigenvalue weighted by Crippen LogP contribution is 2.23. The average Bonchev–Trinajstić information content (AvgIpc) is 2.33. The van der Waals surface area contributed by atoms with Gasteiger partial charge in [-0.15, -0.1) is 0 Å². The maximum Gasteiger partial charge on any atom is 0.257 e. The third-order valence-corrected chi connectivity index (χ3v) is 2.70. The van der Waals surface area contributed by atoms with Gasteiger partial charge in [0.15, 0.2) is 6.61 Å². The lowest BCUT2D eigenvalue weighted by atomic mass is 9.98. The summed E-state index contributed by atoms with van der Waals surface area (Å²) >= 11 is 0. The number of hydrogen-bond acceptors (Lipinski definition) is 3. The van der Waals surface area contributed by atoms with Gasteiger partial charge in [0.25, 0.3) is 5.91 Å². The molecule has 0 saturated carbocycles. The molecule has 0 spiro atoms. The molecule has 100 valence electrons. The molecular weight excluding hydrogens is 228 g/mol. The first kappa shape index (κ1) is 14.5. The lowest BCUT2D eigenvalue weighted by Gasteiger charge is -2.12. The highest BCUT2D eigenvalue weighted by atomic mass is 16.5. The maximum absolute atomic E-state index is 11.3. The van der Waals surface area contributed by atoms with Gasteiger partial charge in [0, 0.05) is 13.1 Å². The zero-order valence-electron chi connectivity index (χ0n) is 11.3. The Morgan fingerprint density at radius 3 is 2.72 bits per heavy atom. The lowest BCUT2D eigenvalue weighted by Crippen LogP contribution is -2.32. The van der Waals surface area contributed by atoms with Gasteiger partial charge in [-0.05, 0) is 36.1 Å². The van der Waals surface area contributed by atoms with Crippen LogP contribution in [0.15, 0.2) is 18.2 Å². The van der Waals surface area contributed by atoms with Crippen molar-refractivity contribution in [2.45, 2.75) is 26.7 Å². The molecule has 4 heteroatoms. The van der Waals surface area contributed by atoms with E-state index in [4.69, 9.17) is 10.5 Å². The number of benzene rings is 1. The average molecular weight is 250 g/mol. The van der Waals surface area contributed by atoms with Crippen molar-refractivity contribution in [1.29, 1.82) is 0 Å². The molecule has 0 aliphatic heterocycles. The Labute approximate surface area is 109 Å². The fourth-order valence-electron chi connectivity index (χ4n) is 1.80. The Morgan fingerprint density at radius 2 is 2.17 bits per heavy atom. The predicted octanol–water partition coefficient (Wildman–Crippen LogP) is 1.57. The summed E-state index contributed by atoms with van der Waals surface area (Å²) < 4.78 is 5.43. The van der Waals surface area contributed by atoms with Crippen LogP contribution in [0.2, 0.25) is 0 Å². The molecule has 0 radical (unpaired) electrons. The van der Waals surface area contributed by atoms with Crippen LogP contribution >= 0.6 is 0 Å². The standard InChI is InChI=1S/C14H22N2O2/c1-10(2)13-5-4-12(8-11(13)3)18-9-14(17)16-7-6-15/h4-5,8,10H,6-7,9,15H2,1-3H3,(H,16,17). The molecule has 0 aromatic heterocycles. The smallest absolute Gasteiger partial charge is 0.257 e. The van der Waals surface area contributed by atoms with Crippen LogP contribution in [-0.4, -0.2) is 25.6 Å². The molecule has 0 fully saturated rings. The van der Waals surface area contributed by atoms with Gasteiger partial charge in [-0.1, -0.05) is 19.9 Å². The normalized spacial score (nSPS) is 10.5. The molecule has 0 aliphatic rings. The predicted molar refractivity (Wildman–Crippen MR) is 72.8 cm³/mol. The zero-order valence-corrected chi connectivity index (χ0v) is 11.3. The SMILES string of the molecule is Cc1cc(OCC(=O)NCCN)ccc1C(C)C. The van der Waals surface area contributed by atoms with Crippen LogP contribution in [0.1, 0.15) is 30.9 Å². The van der Waals surface area contributed by atoms with E-state index in [0.29, 0.717) is 19.0 Å². The second-order valence-corrected chi connectivity index (χ2v) is 4.60. The summed E-state index contributed by atoms with van der Waals surface area (Å²) in [7, 11) is 0. The topological polar surface area (TPSA) is 64.3 Å². The number of nitrogens with one attached hydrogen (secondary N) is 1. The van der Waals surface area contributed by atoms with Crippen molar-refractivity contribution in [3.8, 4) is 5.75 Å². The van der Waals surface area contributed by atoms with Crippen molar-refractivity contribution in [3.63, 3.8) is 0 Å². The highest BCUT2D eigenvalue weighted by molar-refractivity contribution is 5.77. The minimum absolute atomic E-state index is 0.0282. The van der Waals surface area contributed by atoms with Crippen LogP contribution in [0, 0.1) is 6.92 Å². The number of carbonyl (C=O) groups excluding carboxylic acids is 1. The molecule has 1 rings (SSSR count). The number of aryl methyl sites for hydroxylation is 1. The monoisotopic (exact) mass is 250 g/mol. The fourth-order valence-corrected chi connectivity index (χ4v) is 1.80. The zero-order chi connectivity index (χ0) is 13.5. The van der Waals surface area contributed by atoms with Gasteiger partial charge in [0.05, 0.1) is 0 Å². The molecule has 4 nitrogen and oxygen atoms in total. The summed E-state index contributed by atoms with van der Waals surface area (Å²) in [6.07, 6.45) is 0. The van der Waals surface area contributed by atoms with Gasteiger partial charge in [0.2, 0.25) is 0 Å². The molecule has 3 N–H and O–H groups in total. The second kappa shape index (κ2) is 7.01. The number of nitrogens with two attached hydrogens (primary N) is 1. The largest absolute Gasteiger partial charge is 0.484 e. The molecule has 1 aromatic rings. The van der Waals surface area contributed by atoms with E-state index in [0.717, 1.165) is 5.75 Å². The number of amides is 1. The molecule has 0 unspecified atom stereocenters. The van der Waals surface area contributed by atoms with E-state index in [-0.39, 0.29) is 12.5 Å². The number of hydrogen-bond donors (Lipinski definition) is 2. The molecule has 1 aromatic carbocycles. The Balaban J connectivity index is 2.53. The van der Waals surface area contributed by atoms with Gasteiger partial charge in [-0.3, -0.25) is 4.79 Å². The Hall–Kier alpha value is -1.55. The molecule has 0 bridgehead atoms. The minimum Gasteiger partial charge on any atom is -0.484 e. The third kappa shape index (κ3) is 4.37. The lowest BCUT2D eigenvalue weighted by molar-refractivity contribution is -0.123. The molecule has 0 atom stereocenters. The first-order valence-corrected chi connectivity index (χ1v) is 6.24. The van der Waals surface area contributed by atoms with E-state index in [2.05, 4.69) is 26.1 Å². The number of ether oxygens (including phenoxy) is 1. The summed E-state index contributed by atoms with van der Waals surface area (Å²) in [5.41, 5.74) is 7.78. The van der Waals surface area contributed by atoms with Crippen molar-refractivity contribution in [1.82, 2.24) is 5.32 Å². The van der Waals surface area contributed by atoms with E-state index in [1.165, 1.54) is 11.1 Å². The van der Waals surface area contributed by atoms with Crippen LogP contribution in [0.5, 0.6) is 5.75 Å². The van der Waals surface area contributed by atoms with E-state index in [9.17, 15) is 4.79 Å². The van der Waals surface area contributed by atoms with Gasteiger partial charge in [-0.25, -0.2) is 0 Å². The Bertz CT molecular complexity index is 403. The summed E-state index contributed by atoms with van der Waals surface area (Å²) in [4.78, 5) is 11.3. The highest BCUT2D eigenvalue weighted by Gasteiger charge is 2.06.